The zero-order chi connectivity index (χ0) is 12.3. The van der Waals surface area contributed by atoms with Gasteiger partial charge in [0, 0.05) is 5.54 Å². The standard InChI is InChI=1S/C14H19NO2/c1-15-14(8-3-4-9-14)12-7-5-6-11(10-12)13(16)17-2/h5-7,10,15H,3-4,8-9H2,1-2H3. The SMILES string of the molecule is CNC1(c2cccc(C(=O)OC)c2)CCCC1. The number of nitrogens with one attached hydrogen (secondary N) is 1. The van der Waals surface area contributed by atoms with E-state index in [9.17, 15) is 4.79 Å². The number of benzene rings is 1. The number of esters is 1. The van der Waals surface area contributed by atoms with Crippen LogP contribution in [0, 0.1) is 0 Å². The highest BCUT2D eigenvalue weighted by molar-refractivity contribution is 5.89. The molecule has 3 heteroatoms. The van der Waals surface area contributed by atoms with Gasteiger partial charge < -0.3 is 10.1 Å². The van der Waals surface area contributed by atoms with Crippen molar-refractivity contribution < 1.29 is 9.53 Å². The van der Waals surface area contributed by atoms with E-state index >= 15 is 0 Å². The normalized spacial score (nSPS) is 18.0. The monoisotopic (exact) mass is 233 g/mol. The van der Waals surface area contributed by atoms with Crippen molar-refractivity contribution in [1.29, 1.82) is 0 Å². The molecule has 0 aromatic heterocycles. The second-order valence-corrected chi connectivity index (χ2v) is 4.61. The van der Waals surface area contributed by atoms with E-state index in [2.05, 4.69) is 11.4 Å². The molecule has 1 aromatic carbocycles. The van der Waals surface area contributed by atoms with Gasteiger partial charge in [0.1, 0.15) is 0 Å². The molecule has 1 fully saturated rings. The molecular weight excluding hydrogens is 214 g/mol. The molecule has 0 aliphatic heterocycles. The number of methoxy groups -OCH3 is 1. The van der Waals surface area contributed by atoms with E-state index in [0.29, 0.717) is 5.56 Å². The third-order valence-corrected chi connectivity index (χ3v) is 3.77. The largest absolute Gasteiger partial charge is 0.465 e. The molecule has 17 heavy (non-hydrogen) atoms. The van der Waals surface area contributed by atoms with Crippen LogP contribution < -0.4 is 5.32 Å². The predicted octanol–water partition coefficient (Wildman–Crippen LogP) is 2.46. The lowest BCUT2D eigenvalue weighted by Crippen LogP contribution is -2.37. The van der Waals surface area contributed by atoms with Crippen molar-refractivity contribution in [2.75, 3.05) is 14.2 Å². The van der Waals surface area contributed by atoms with Crippen LogP contribution >= 0.6 is 0 Å². The van der Waals surface area contributed by atoms with Gasteiger partial charge in [-0.1, -0.05) is 25.0 Å². The maximum absolute atomic E-state index is 11.5. The van der Waals surface area contributed by atoms with Crippen molar-refractivity contribution in [1.82, 2.24) is 5.32 Å². The van der Waals surface area contributed by atoms with Gasteiger partial charge in [-0.15, -0.1) is 0 Å². The number of carbonyl (C=O) groups is 1. The van der Waals surface area contributed by atoms with Crippen molar-refractivity contribution in [3.05, 3.63) is 35.4 Å². The zero-order valence-electron chi connectivity index (χ0n) is 10.5. The van der Waals surface area contributed by atoms with E-state index in [-0.39, 0.29) is 11.5 Å². The van der Waals surface area contributed by atoms with E-state index in [1.54, 1.807) is 6.07 Å². The average Bonchev–Trinajstić information content (AvgIpc) is 2.88. The van der Waals surface area contributed by atoms with Gasteiger partial charge in [-0.25, -0.2) is 4.79 Å². The second kappa shape index (κ2) is 4.88. The van der Waals surface area contributed by atoms with Gasteiger partial charge in [-0.2, -0.15) is 0 Å². The third kappa shape index (κ3) is 2.20. The molecule has 0 unspecified atom stereocenters. The first kappa shape index (κ1) is 12.1. The molecular formula is C14H19NO2. The van der Waals surface area contributed by atoms with Gasteiger partial charge in [0.15, 0.2) is 0 Å². The lowest BCUT2D eigenvalue weighted by atomic mass is 9.87. The first-order valence-electron chi connectivity index (χ1n) is 6.09. The molecule has 92 valence electrons. The zero-order valence-corrected chi connectivity index (χ0v) is 10.5. The van der Waals surface area contributed by atoms with E-state index in [1.165, 1.54) is 25.5 Å². The molecule has 0 bridgehead atoms. The summed E-state index contributed by atoms with van der Waals surface area (Å²) in [5.41, 5.74) is 1.87. The highest BCUT2D eigenvalue weighted by atomic mass is 16.5. The summed E-state index contributed by atoms with van der Waals surface area (Å²) in [6.07, 6.45) is 4.74. The molecule has 1 aliphatic carbocycles. The Morgan fingerprint density at radius 2 is 2.06 bits per heavy atom. The number of ether oxygens (including phenoxy) is 1. The van der Waals surface area contributed by atoms with Crippen LogP contribution in [-0.2, 0) is 10.3 Å². The molecule has 3 nitrogen and oxygen atoms in total. The number of hydrogen-bond acceptors (Lipinski definition) is 3. The highest BCUT2D eigenvalue weighted by Crippen LogP contribution is 2.38. The third-order valence-electron chi connectivity index (χ3n) is 3.77. The summed E-state index contributed by atoms with van der Waals surface area (Å²) in [6.45, 7) is 0. The van der Waals surface area contributed by atoms with Crippen LogP contribution in [-0.4, -0.2) is 20.1 Å². The molecule has 1 aromatic rings. The summed E-state index contributed by atoms with van der Waals surface area (Å²) in [4.78, 5) is 11.5. The van der Waals surface area contributed by atoms with E-state index in [4.69, 9.17) is 4.74 Å². The quantitative estimate of drug-likeness (QED) is 0.815. The van der Waals surface area contributed by atoms with Crippen molar-refractivity contribution in [2.45, 2.75) is 31.2 Å². The highest BCUT2D eigenvalue weighted by Gasteiger charge is 2.34. The number of hydrogen-bond donors (Lipinski definition) is 1. The molecule has 2 rings (SSSR count). The Kier molecular flexibility index (Phi) is 3.48. The molecule has 1 aliphatic rings. The molecule has 0 radical (unpaired) electrons. The summed E-state index contributed by atoms with van der Waals surface area (Å²) in [5, 5.41) is 3.43. The lowest BCUT2D eigenvalue weighted by Gasteiger charge is -2.29. The van der Waals surface area contributed by atoms with Crippen LogP contribution in [0.4, 0.5) is 0 Å². The topological polar surface area (TPSA) is 38.3 Å². The Hall–Kier alpha value is -1.35. The first-order valence-corrected chi connectivity index (χ1v) is 6.09. The maximum atomic E-state index is 11.5. The van der Waals surface area contributed by atoms with Crippen LogP contribution in [0.1, 0.15) is 41.6 Å². The lowest BCUT2D eigenvalue weighted by molar-refractivity contribution is 0.0600. The summed E-state index contributed by atoms with van der Waals surface area (Å²) >= 11 is 0. The van der Waals surface area contributed by atoms with Crippen molar-refractivity contribution >= 4 is 5.97 Å². The Bertz CT molecular complexity index is 408. The molecule has 1 saturated carbocycles. The van der Waals surface area contributed by atoms with E-state index in [0.717, 1.165) is 12.8 Å². The van der Waals surface area contributed by atoms with Crippen LogP contribution in [0.2, 0.25) is 0 Å². The van der Waals surface area contributed by atoms with Gasteiger partial charge in [0.25, 0.3) is 0 Å². The van der Waals surface area contributed by atoms with Gasteiger partial charge in [0.2, 0.25) is 0 Å². The van der Waals surface area contributed by atoms with Crippen LogP contribution in [0.25, 0.3) is 0 Å². The average molecular weight is 233 g/mol. The molecule has 0 amide bonds. The minimum atomic E-state index is -0.268. The van der Waals surface area contributed by atoms with Crippen LogP contribution in [0.3, 0.4) is 0 Å². The molecule has 0 atom stereocenters. The Labute approximate surface area is 102 Å². The number of rotatable bonds is 3. The predicted molar refractivity (Wildman–Crippen MR) is 67.0 cm³/mol. The summed E-state index contributed by atoms with van der Waals surface area (Å²) in [7, 11) is 3.41. The summed E-state index contributed by atoms with van der Waals surface area (Å²) < 4.78 is 4.76. The van der Waals surface area contributed by atoms with Crippen molar-refractivity contribution in [3.8, 4) is 0 Å². The molecule has 1 N–H and O–H groups in total. The van der Waals surface area contributed by atoms with Gasteiger partial charge in [0.05, 0.1) is 12.7 Å². The summed E-state index contributed by atoms with van der Waals surface area (Å²) in [5.74, 6) is -0.268. The summed E-state index contributed by atoms with van der Waals surface area (Å²) in [6, 6.07) is 7.77. The Balaban J connectivity index is 2.35. The second-order valence-electron chi connectivity index (χ2n) is 4.61. The van der Waals surface area contributed by atoms with E-state index < -0.39 is 0 Å². The smallest absolute Gasteiger partial charge is 0.337 e. The van der Waals surface area contributed by atoms with Crippen LogP contribution in [0.15, 0.2) is 24.3 Å². The fraction of sp³-hybridized carbons (Fsp3) is 0.500. The van der Waals surface area contributed by atoms with Crippen molar-refractivity contribution in [2.24, 2.45) is 0 Å². The first-order chi connectivity index (χ1) is 8.22. The molecule has 0 heterocycles. The number of carbonyl (C=O) groups excluding carboxylic acids is 1. The minimum Gasteiger partial charge on any atom is -0.465 e. The Morgan fingerprint density at radius 1 is 1.35 bits per heavy atom. The van der Waals surface area contributed by atoms with Crippen molar-refractivity contribution in [3.63, 3.8) is 0 Å². The fourth-order valence-electron chi connectivity index (χ4n) is 2.72. The van der Waals surface area contributed by atoms with Gasteiger partial charge >= 0.3 is 5.97 Å². The van der Waals surface area contributed by atoms with E-state index in [1.807, 2.05) is 19.2 Å². The minimum absolute atomic E-state index is 0.0457. The molecule has 0 saturated heterocycles. The Morgan fingerprint density at radius 3 is 2.65 bits per heavy atom. The maximum Gasteiger partial charge on any atom is 0.337 e. The van der Waals surface area contributed by atoms with Gasteiger partial charge in [-0.3, -0.25) is 0 Å². The van der Waals surface area contributed by atoms with Gasteiger partial charge in [-0.05, 0) is 37.6 Å². The molecule has 0 spiro atoms. The fourth-order valence-corrected chi connectivity index (χ4v) is 2.72. The van der Waals surface area contributed by atoms with Crippen LogP contribution in [0.5, 0.6) is 0 Å².